The van der Waals surface area contributed by atoms with Gasteiger partial charge in [-0.2, -0.15) is 0 Å². The van der Waals surface area contributed by atoms with Gasteiger partial charge >= 0.3 is 0 Å². The van der Waals surface area contributed by atoms with Crippen LogP contribution >= 0.6 is 22.9 Å². The summed E-state index contributed by atoms with van der Waals surface area (Å²) in [4.78, 5) is 3.54. The highest BCUT2D eigenvalue weighted by atomic mass is 35.5. The van der Waals surface area contributed by atoms with E-state index in [4.69, 9.17) is 16.3 Å². The average Bonchev–Trinajstić information content (AvgIpc) is 2.74. The molecule has 1 aromatic heterocycles. The van der Waals surface area contributed by atoms with E-state index in [0.717, 1.165) is 23.2 Å². The van der Waals surface area contributed by atoms with Crippen molar-refractivity contribution in [1.29, 1.82) is 0 Å². The number of nitrogens with zero attached hydrogens (tertiary/aromatic N) is 1. The Morgan fingerprint density at radius 3 is 2.72 bits per heavy atom. The molecular formula is C14H16ClNOS. The fourth-order valence-electron chi connectivity index (χ4n) is 1.84. The molecule has 0 bridgehead atoms. The van der Waals surface area contributed by atoms with Crippen LogP contribution < -0.4 is 4.74 Å². The topological polar surface area (TPSA) is 12.5 Å². The van der Waals surface area contributed by atoms with E-state index >= 15 is 0 Å². The van der Waals surface area contributed by atoms with Gasteiger partial charge in [0.15, 0.2) is 0 Å². The van der Waals surface area contributed by atoms with Crippen molar-refractivity contribution in [2.24, 2.45) is 0 Å². The van der Waals surface area contributed by atoms with E-state index in [9.17, 15) is 0 Å². The molecule has 0 N–H and O–H groups in total. The highest BCUT2D eigenvalue weighted by Gasteiger charge is 2.05. The molecule has 0 aliphatic rings. The minimum absolute atomic E-state index is 0.847. The molecule has 0 fully saturated rings. The lowest BCUT2D eigenvalue weighted by molar-refractivity contribution is 0.321. The molecule has 2 rings (SSSR count). The van der Waals surface area contributed by atoms with Crippen molar-refractivity contribution in [3.05, 3.63) is 51.2 Å². The van der Waals surface area contributed by atoms with Gasteiger partial charge in [0.2, 0.25) is 0 Å². The summed E-state index contributed by atoms with van der Waals surface area (Å²) < 4.78 is 6.07. The van der Waals surface area contributed by atoms with Crippen molar-refractivity contribution in [3.63, 3.8) is 0 Å². The number of benzene rings is 1. The van der Waals surface area contributed by atoms with Gasteiger partial charge in [-0.3, -0.25) is 4.90 Å². The molecule has 96 valence electrons. The lowest BCUT2D eigenvalue weighted by Crippen LogP contribution is -2.16. The van der Waals surface area contributed by atoms with E-state index in [-0.39, 0.29) is 0 Å². The second-order valence-corrected chi connectivity index (χ2v) is 6.03. The molecule has 18 heavy (non-hydrogen) atoms. The number of rotatable bonds is 5. The Hall–Kier alpha value is -1.03. The largest absolute Gasteiger partial charge is 0.497 e. The minimum atomic E-state index is 0.847. The highest BCUT2D eigenvalue weighted by molar-refractivity contribution is 7.16. The lowest BCUT2D eigenvalue weighted by Gasteiger charge is -2.16. The molecule has 0 spiro atoms. The Kier molecular flexibility index (Phi) is 4.64. The maximum atomic E-state index is 5.93. The van der Waals surface area contributed by atoms with Gasteiger partial charge in [0, 0.05) is 18.0 Å². The molecule has 0 amide bonds. The van der Waals surface area contributed by atoms with Crippen LogP contribution in [0, 0.1) is 0 Å². The number of methoxy groups -OCH3 is 1. The monoisotopic (exact) mass is 281 g/mol. The van der Waals surface area contributed by atoms with Gasteiger partial charge in [0.25, 0.3) is 0 Å². The molecule has 0 atom stereocenters. The number of hydrogen-bond acceptors (Lipinski definition) is 3. The highest BCUT2D eigenvalue weighted by Crippen LogP contribution is 2.23. The normalized spacial score (nSPS) is 10.9. The summed E-state index contributed by atoms with van der Waals surface area (Å²) in [5.41, 5.74) is 1.25. The van der Waals surface area contributed by atoms with E-state index in [1.165, 1.54) is 10.4 Å². The second-order valence-electron chi connectivity index (χ2n) is 4.23. The van der Waals surface area contributed by atoms with Crippen LogP contribution in [0.25, 0.3) is 0 Å². The van der Waals surface area contributed by atoms with E-state index in [1.54, 1.807) is 18.4 Å². The molecule has 1 aromatic carbocycles. The van der Waals surface area contributed by atoms with Crippen molar-refractivity contribution < 1.29 is 4.74 Å². The SMILES string of the molecule is COc1cccc(CN(C)Cc2ccc(Cl)s2)c1. The maximum Gasteiger partial charge on any atom is 0.119 e. The van der Waals surface area contributed by atoms with Crippen LogP contribution in [0.3, 0.4) is 0 Å². The summed E-state index contributed by atoms with van der Waals surface area (Å²) in [6.07, 6.45) is 0. The molecular weight excluding hydrogens is 266 g/mol. The summed E-state index contributed by atoms with van der Waals surface area (Å²) in [6.45, 7) is 1.81. The Bertz CT molecular complexity index is 512. The van der Waals surface area contributed by atoms with Crippen LogP contribution in [0.5, 0.6) is 5.75 Å². The summed E-state index contributed by atoms with van der Waals surface area (Å²) in [7, 11) is 3.80. The Balaban J connectivity index is 1.96. The fourth-order valence-corrected chi connectivity index (χ4v) is 3.01. The second kappa shape index (κ2) is 6.23. The standard InChI is InChI=1S/C14H16ClNOS/c1-16(10-13-6-7-14(15)18-13)9-11-4-3-5-12(8-11)17-2/h3-8H,9-10H2,1-2H3. The first-order chi connectivity index (χ1) is 8.67. The van der Waals surface area contributed by atoms with Crippen molar-refractivity contribution in [2.75, 3.05) is 14.2 Å². The van der Waals surface area contributed by atoms with Gasteiger partial charge in [0.05, 0.1) is 11.4 Å². The summed E-state index contributed by atoms with van der Waals surface area (Å²) in [6, 6.07) is 12.2. The van der Waals surface area contributed by atoms with Gasteiger partial charge in [-0.05, 0) is 36.9 Å². The van der Waals surface area contributed by atoms with Crippen LogP contribution in [-0.2, 0) is 13.1 Å². The third-order valence-electron chi connectivity index (χ3n) is 2.64. The first kappa shape index (κ1) is 13.4. The minimum Gasteiger partial charge on any atom is -0.497 e. The van der Waals surface area contributed by atoms with E-state index in [2.05, 4.69) is 30.1 Å². The smallest absolute Gasteiger partial charge is 0.119 e. The predicted octanol–water partition coefficient (Wildman–Crippen LogP) is 4.04. The summed E-state index contributed by atoms with van der Waals surface area (Å²) in [5.74, 6) is 0.903. The number of thiophene rings is 1. The number of halogens is 1. The van der Waals surface area contributed by atoms with Gasteiger partial charge in [-0.1, -0.05) is 23.7 Å². The van der Waals surface area contributed by atoms with Crippen molar-refractivity contribution in [3.8, 4) is 5.75 Å². The molecule has 0 aliphatic heterocycles. The quantitative estimate of drug-likeness (QED) is 0.820. The zero-order valence-electron chi connectivity index (χ0n) is 10.5. The number of hydrogen-bond donors (Lipinski definition) is 0. The first-order valence-corrected chi connectivity index (χ1v) is 6.92. The molecule has 2 nitrogen and oxygen atoms in total. The molecule has 0 unspecified atom stereocenters. The van der Waals surface area contributed by atoms with Crippen molar-refractivity contribution in [2.45, 2.75) is 13.1 Å². The van der Waals surface area contributed by atoms with Gasteiger partial charge in [-0.15, -0.1) is 11.3 Å². The molecule has 4 heteroatoms. The summed E-state index contributed by atoms with van der Waals surface area (Å²) >= 11 is 7.56. The van der Waals surface area contributed by atoms with Crippen LogP contribution in [0.2, 0.25) is 4.34 Å². The van der Waals surface area contributed by atoms with Crippen LogP contribution in [0.15, 0.2) is 36.4 Å². The van der Waals surface area contributed by atoms with Crippen LogP contribution in [-0.4, -0.2) is 19.1 Å². The lowest BCUT2D eigenvalue weighted by atomic mass is 10.2. The predicted molar refractivity (Wildman–Crippen MR) is 77.5 cm³/mol. The van der Waals surface area contributed by atoms with E-state index < -0.39 is 0 Å². The third-order valence-corrected chi connectivity index (χ3v) is 3.86. The molecule has 0 aliphatic carbocycles. The van der Waals surface area contributed by atoms with Crippen LogP contribution in [0.4, 0.5) is 0 Å². The Morgan fingerprint density at radius 1 is 1.22 bits per heavy atom. The van der Waals surface area contributed by atoms with Gasteiger partial charge in [0.1, 0.15) is 5.75 Å². The molecule has 1 heterocycles. The zero-order valence-corrected chi connectivity index (χ0v) is 12.1. The maximum absolute atomic E-state index is 5.93. The average molecular weight is 282 g/mol. The van der Waals surface area contributed by atoms with Crippen LogP contribution in [0.1, 0.15) is 10.4 Å². The fraction of sp³-hybridized carbons (Fsp3) is 0.286. The molecule has 2 aromatic rings. The Morgan fingerprint density at radius 2 is 2.06 bits per heavy atom. The van der Waals surface area contributed by atoms with Gasteiger partial charge < -0.3 is 4.74 Å². The van der Waals surface area contributed by atoms with Crippen molar-refractivity contribution in [1.82, 2.24) is 4.90 Å². The van der Waals surface area contributed by atoms with E-state index in [1.807, 2.05) is 18.2 Å². The summed E-state index contributed by atoms with van der Waals surface area (Å²) in [5, 5.41) is 0. The zero-order chi connectivity index (χ0) is 13.0. The molecule has 0 saturated carbocycles. The molecule has 0 saturated heterocycles. The molecule has 0 radical (unpaired) electrons. The van der Waals surface area contributed by atoms with Gasteiger partial charge in [-0.25, -0.2) is 0 Å². The van der Waals surface area contributed by atoms with Crippen molar-refractivity contribution >= 4 is 22.9 Å². The number of ether oxygens (including phenoxy) is 1. The first-order valence-electron chi connectivity index (χ1n) is 5.73. The van der Waals surface area contributed by atoms with E-state index in [0.29, 0.717) is 0 Å². The Labute approximate surface area is 117 Å². The third kappa shape index (κ3) is 3.73.